The Morgan fingerprint density at radius 2 is 2.19 bits per heavy atom. The van der Waals surface area contributed by atoms with Crippen molar-refractivity contribution in [2.24, 2.45) is 17.3 Å². The number of carboxylic acid groups (broad SMARTS) is 1. The number of carboxylic acids is 1. The molecule has 0 heterocycles. The van der Waals surface area contributed by atoms with Crippen molar-refractivity contribution in [3.05, 3.63) is 12.2 Å². The summed E-state index contributed by atoms with van der Waals surface area (Å²) in [4.78, 5) is 21.1. The number of hydrogen-bond acceptors (Lipinski definition) is 3. The van der Waals surface area contributed by atoms with Crippen molar-refractivity contribution in [1.29, 1.82) is 0 Å². The van der Waals surface area contributed by atoms with Crippen molar-refractivity contribution in [3.63, 3.8) is 0 Å². The number of hydrogen-bond donors (Lipinski definition) is 1. The molecule has 1 aliphatic carbocycles. The van der Waals surface area contributed by atoms with E-state index < -0.39 is 12.1 Å². The van der Waals surface area contributed by atoms with Crippen molar-refractivity contribution in [3.8, 4) is 0 Å². The van der Waals surface area contributed by atoms with E-state index in [-0.39, 0.29) is 17.3 Å². The van der Waals surface area contributed by atoms with Gasteiger partial charge in [0.15, 0.2) is 0 Å². The maximum atomic E-state index is 10.9. The summed E-state index contributed by atoms with van der Waals surface area (Å²) in [6.07, 6.45) is 3.98. The number of rotatable bonds is 6. The fraction of sp³-hybridized carbons (Fsp3) is 0.667. The number of carbonyl (C=O) groups excluding carboxylic acids is 1. The van der Waals surface area contributed by atoms with Crippen LogP contribution in [0.15, 0.2) is 12.2 Å². The Hall–Kier alpha value is -1.16. The van der Waals surface area contributed by atoms with Gasteiger partial charge in [-0.25, -0.2) is 0 Å². The molecule has 3 unspecified atom stereocenters. The molecule has 1 rings (SSSR count). The fourth-order valence-electron chi connectivity index (χ4n) is 1.96. The Bertz CT molecular complexity index is 306. The van der Waals surface area contributed by atoms with E-state index in [4.69, 9.17) is 9.84 Å². The lowest BCUT2D eigenvalue weighted by molar-refractivity contribution is -0.139. The van der Waals surface area contributed by atoms with Crippen LogP contribution in [0.5, 0.6) is 0 Å². The highest BCUT2D eigenvalue weighted by Crippen LogP contribution is 2.58. The summed E-state index contributed by atoms with van der Waals surface area (Å²) < 4.78 is 5.13. The van der Waals surface area contributed by atoms with Crippen LogP contribution in [-0.2, 0) is 14.3 Å². The van der Waals surface area contributed by atoms with Crippen molar-refractivity contribution < 1.29 is 19.4 Å². The third-order valence-corrected chi connectivity index (χ3v) is 3.17. The maximum absolute atomic E-state index is 10.9. The second kappa shape index (κ2) is 4.78. The molecule has 0 radical (unpaired) electrons. The van der Waals surface area contributed by atoms with Gasteiger partial charge in [-0.3, -0.25) is 4.79 Å². The van der Waals surface area contributed by atoms with Gasteiger partial charge in [-0.1, -0.05) is 26.0 Å². The van der Waals surface area contributed by atoms with Crippen LogP contribution in [0.4, 0.5) is 0 Å². The Morgan fingerprint density at radius 3 is 2.62 bits per heavy atom. The normalized spacial score (nSPS) is 28.9. The molecule has 0 aliphatic heterocycles. The highest BCUT2D eigenvalue weighted by Gasteiger charge is 2.60. The summed E-state index contributed by atoms with van der Waals surface area (Å²) in [6.45, 7) is 5.90. The summed E-state index contributed by atoms with van der Waals surface area (Å²) in [5.74, 6) is -0.978. The molecule has 4 heteroatoms. The van der Waals surface area contributed by atoms with Gasteiger partial charge in [-0.2, -0.15) is 0 Å². The number of carbonyl (C=O) groups is 2. The molecule has 16 heavy (non-hydrogen) atoms. The lowest BCUT2D eigenvalue weighted by Crippen LogP contribution is -2.08. The number of aldehydes is 1. The molecule has 0 amide bonds. The maximum Gasteiger partial charge on any atom is 0.307 e. The lowest BCUT2D eigenvalue weighted by Gasteiger charge is -2.01. The molecule has 0 saturated heterocycles. The van der Waals surface area contributed by atoms with E-state index in [9.17, 15) is 9.59 Å². The van der Waals surface area contributed by atoms with Gasteiger partial charge in [-0.15, -0.1) is 0 Å². The minimum atomic E-state index is -0.748. The molecule has 1 fully saturated rings. The number of aliphatic carboxylic acids is 1. The van der Waals surface area contributed by atoms with E-state index in [1.807, 2.05) is 19.9 Å². The molecule has 1 aliphatic rings. The van der Waals surface area contributed by atoms with Crippen molar-refractivity contribution in [2.75, 3.05) is 6.61 Å². The third-order valence-electron chi connectivity index (χ3n) is 3.17. The third kappa shape index (κ3) is 2.70. The van der Waals surface area contributed by atoms with E-state index in [2.05, 4.69) is 0 Å². The zero-order valence-electron chi connectivity index (χ0n) is 9.84. The molecule has 1 saturated carbocycles. The van der Waals surface area contributed by atoms with Crippen molar-refractivity contribution in [2.45, 2.75) is 26.9 Å². The summed E-state index contributed by atoms with van der Waals surface area (Å²) in [5, 5.41) is 8.93. The molecule has 3 atom stereocenters. The summed E-state index contributed by atoms with van der Waals surface area (Å²) in [5.41, 5.74) is -0.168. The topological polar surface area (TPSA) is 63.6 Å². The summed E-state index contributed by atoms with van der Waals surface area (Å²) in [7, 11) is 0. The summed E-state index contributed by atoms with van der Waals surface area (Å²) in [6, 6.07) is 0. The first-order valence-electron chi connectivity index (χ1n) is 5.37. The summed E-state index contributed by atoms with van der Waals surface area (Å²) >= 11 is 0. The van der Waals surface area contributed by atoms with Gasteiger partial charge >= 0.3 is 5.97 Å². The van der Waals surface area contributed by atoms with Crippen LogP contribution in [0, 0.1) is 17.3 Å². The Labute approximate surface area is 95.3 Å². The van der Waals surface area contributed by atoms with E-state index in [1.165, 1.54) is 0 Å². The predicted molar refractivity (Wildman–Crippen MR) is 59.0 cm³/mol. The van der Waals surface area contributed by atoms with Crippen LogP contribution in [0.25, 0.3) is 0 Å². The molecule has 0 aromatic heterocycles. The number of ether oxygens (including phenoxy) is 1. The second-order valence-electron chi connectivity index (χ2n) is 4.77. The Balaban J connectivity index is 2.36. The van der Waals surface area contributed by atoms with E-state index >= 15 is 0 Å². The van der Waals surface area contributed by atoms with Crippen LogP contribution in [-0.4, -0.2) is 30.1 Å². The number of allylic oxidation sites excluding steroid dienone is 1. The van der Waals surface area contributed by atoms with Crippen LogP contribution in [0.2, 0.25) is 0 Å². The highest BCUT2D eigenvalue weighted by atomic mass is 16.5. The largest absolute Gasteiger partial charge is 0.481 e. The molecular weight excluding hydrogens is 208 g/mol. The zero-order valence-corrected chi connectivity index (χ0v) is 9.84. The Morgan fingerprint density at radius 1 is 1.56 bits per heavy atom. The minimum Gasteiger partial charge on any atom is -0.481 e. The van der Waals surface area contributed by atoms with Crippen LogP contribution in [0.3, 0.4) is 0 Å². The smallest absolute Gasteiger partial charge is 0.307 e. The molecule has 0 aromatic carbocycles. The highest BCUT2D eigenvalue weighted by molar-refractivity contribution is 5.76. The van der Waals surface area contributed by atoms with Gasteiger partial charge in [0, 0.05) is 0 Å². The molecule has 1 N–H and O–H groups in total. The predicted octanol–water partition coefficient (Wildman–Crippen LogP) is 1.50. The molecule has 4 nitrogen and oxygen atoms in total. The van der Waals surface area contributed by atoms with Gasteiger partial charge in [0.1, 0.15) is 12.4 Å². The average Bonchev–Trinajstić information content (AvgIpc) is 2.75. The van der Waals surface area contributed by atoms with Crippen molar-refractivity contribution in [1.82, 2.24) is 0 Å². The van der Waals surface area contributed by atoms with E-state index in [1.54, 1.807) is 13.0 Å². The van der Waals surface area contributed by atoms with E-state index in [0.29, 0.717) is 6.61 Å². The zero-order chi connectivity index (χ0) is 12.3. The van der Waals surface area contributed by atoms with Gasteiger partial charge < -0.3 is 14.6 Å². The fourth-order valence-corrected chi connectivity index (χ4v) is 1.96. The van der Waals surface area contributed by atoms with Gasteiger partial charge in [0.05, 0.1) is 12.5 Å². The molecule has 0 spiro atoms. The first-order chi connectivity index (χ1) is 7.41. The van der Waals surface area contributed by atoms with E-state index in [0.717, 1.165) is 6.29 Å². The second-order valence-corrected chi connectivity index (χ2v) is 4.77. The van der Waals surface area contributed by atoms with Crippen LogP contribution in [0.1, 0.15) is 20.8 Å². The molecule has 0 aromatic rings. The van der Waals surface area contributed by atoms with Crippen LogP contribution >= 0.6 is 0 Å². The minimum absolute atomic E-state index is 0.0696. The van der Waals surface area contributed by atoms with Gasteiger partial charge in [-0.05, 0) is 18.3 Å². The van der Waals surface area contributed by atoms with Gasteiger partial charge in [0.2, 0.25) is 0 Å². The first kappa shape index (κ1) is 12.9. The monoisotopic (exact) mass is 226 g/mol. The molecule has 0 bridgehead atoms. The quantitative estimate of drug-likeness (QED) is 0.550. The molecular formula is C12H18O4. The molecule has 90 valence electrons. The average molecular weight is 226 g/mol. The standard InChI is InChI=1S/C12H18O4/c1-8(7-13)16-6-4-5-9-10(11(14)15)12(9,2)3/h4-5,7-10H,6H2,1-3H3,(H,14,15). The van der Waals surface area contributed by atoms with Crippen molar-refractivity contribution >= 4 is 12.3 Å². The Kier molecular flexibility index (Phi) is 3.86. The lowest BCUT2D eigenvalue weighted by atomic mass is 10.1. The first-order valence-corrected chi connectivity index (χ1v) is 5.37. The van der Waals surface area contributed by atoms with Crippen LogP contribution < -0.4 is 0 Å². The SMILES string of the molecule is CC(C=O)OCC=CC1C(C(=O)O)C1(C)C. The van der Waals surface area contributed by atoms with Gasteiger partial charge in [0.25, 0.3) is 0 Å².